The largest absolute Gasteiger partial charge is 0.378 e. The lowest BCUT2D eigenvalue weighted by Crippen LogP contribution is -2.36. The van der Waals surface area contributed by atoms with Crippen LogP contribution in [-0.2, 0) is 4.74 Å². The Morgan fingerprint density at radius 2 is 1.89 bits per heavy atom. The maximum Gasteiger partial charge on any atom is 0.270 e. The quantitative estimate of drug-likeness (QED) is 0.494. The second kappa shape index (κ2) is 7.96. The molecule has 27 heavy (non-hydrogen) atoms. The van der Waals surface area contributed by atoms with Crippen LogP contribution in [0.3, 0.4) is 0 Å². The van der Waals surface area contributed by atoms with Crippen molar-refractivity contribution in [2.75, 3.05) is 36.5 Å². The van der Waals surface area contributed by atoms with Crippen molar-refractivity contribution in [3.05, 3.63) is 63.7 Å². The normalized spacial score (nSPS) is 13.9. The highest BCUT2D eigenvalue weighted by molar-refractivity contribution is 6.09. The monoisotopic (exact) mass is 369 g/mol. The zero-order valence-electron chi connectivity index (χ0n) is 14.8. The van der Waals surface area contributed by atoms with Crippen LogP contribution in [-0.4, -0.2) is 42.9 Å². The molecular weight excluding hydrogens is 350 g/mol. The van der Waals surface area contributed by atoms with Crippen LogP contribution in [0, 0.1) is 10.1 Å². The molecule has 1 aliphatic heterocycles. The third-order valence-electron chi connectivity index (χ3n) is 4.33. The predicted octanol–water partition coefficient (Wildman–Crippen LogP) is 2.89. The molecule has 2 aromatic carbocycles. The lowest BCUT2D eigenvalue weighted by atomic mass is 10.1. The van der Waals surface area contributed by atoms with Crippen LogP contribution < -0.4 is 10.2 Å². The highest BCUT2D eigenvalue weighted by Gasteiger charge is 2.17. The molecule has 8 nitrogen and oxygen atoms in total. The summed E-state index contributed by atoms with van der Waals surface area (Å²) in [5, 5.41) is 13.6. The number of carbonyl (C=O) groups is 2. The Balaban J connectivity index is 1.85. The van der Waals surface area contributed by atoms with Gasteiger partial charge in [-0.2, -0.15) is 0 Å². The van der Waals surface area contributed by atoms with Gasteiger partial charge in [0.05, 0.1) is 23.8 Å². The summed E-state index contributed by atoms with van der Waals surface area (Å²) in [6.07, 6.45) is 0. The minimum atomic E-state index is -0.561. The number of hydrogen-bond donors (Lipinski definition) is 1. The number of carbonyl (C=O) groups excluding carboxylic acids is 2. The average molecular weight is 369 g/mol. The van der Waals surface area contributed by atoms with Gasteiger partial charge in [0.1, 0.15) is 0 Å². The molecule has 1 heterocycles. The summed E-state index contributed by atoms with van der Waals surface area (Å²) in [7, 11) is 0. The van der Waals surface area contributed by atoms with E-state index in [-0.39, 0.29) is 17.0 Å². The second-order valence-electron chi connectivity index (χ2n) is 6.15. The maximum atomic E-state index is 12.5. The Labute approximate surface area is 155 Å². The zero-order valence-corrected chi connectivity index (χ0v) is 14.8. The van der Waals surface area contributed by atoms with Crippen LogP contribution in [0.5, 0.6) is 0 Å². The van der Waals surface area contributed by atoms with Gasteiger partial charge in [-0.05, 0) is 31.2 Å². The molecule has 0 unspecified atom stereocenters. The van der Waals surface area contributed by atoms with Gasteiger partial charge >= 0.3 is 0 Å². The Kier molecular flexibility index (Phi) is 5.46. The van der Waals surface area contributed by atoms with Gasteiger partial charge in [-0.3, -0.25) is 19.7 Å². The topological polar surface area (TPSA) is 102 Å². The molecule has 1 fully saturated rings. The first kappa shape index (κ1) is 18.5. The summed E-state index contributed by atoms with van der Waals surface area (Å²) in [5.41, 5.74) is 1.62. The van der Waals surface area contributed by atoms with Crippen LogP contribution in [0.15, 0.2) is 42.5 Å². The number of hydrogen-bond acceptors (Lipinski definition) is 6. The third kappa shape index (κ3) is 4.29. The molecule has 0 radical (unpaired) electrons. The van der Waals surface area contributed by atoms with Crippen molar-refractivity contribution in [2.24, 2.45) is 0 Å². The Morgan fingerprint density at radius 3 is 2.56 bits per heavy atom. The first-order valence-corrected chi connectivity index (χ1v) is 8.49. The van der Waals surface area contributed by atoms with Gasteiger partial charge in [0.2, 0.25) is 0 Å². The first-order valence-electron chi connectivity index (χ1n) is 8.49. The van der Waals surface area contributed by atoms with E-state index in [1.807, 2.05) is 6.07 Å². The number of nitro benzene ring substituents is 1. The number of non-ortho nitro benzene ring substituents is 1. The number of nitrogens with one attached hydrogen (secondary N) is 1. The molecule has 0 aliphatic carbocycles. The van der Waals surface area contributed by atoms with E-state index in [1.54, 1.807) is 12.1 Å². The van der Waals surface area contributed by atoms with Crippen molar-refractivity contribution in [1.82, 2.24) is 0 Å². The zero-order chi connectivity index (χ0) is 19.4. The fourth-order valence-electron chi connectivity index (χ4n) is 2.91. The molecule has 1 N–H and O–H groups in total. The molecule has 1 saturated heterocycles. The molecule has 140 valence electrons. The number of ketones is 1. The van der Waals surface area contributed by atoms with Gasteiger partial charge in [0.25, 0.3) is 11.6 Å². The molecule has 1 aliphatic rings. The fraction of sp³-hybridized carbons (Fsp3) is 0.263. The van der Waals surface area contributed by atoms with Gasteiger partial charge in [-0.1, -0.05) is 6.07 Å². The van der Waals surface area contributed by atoms with E-state index in [9.17, 15) is 19.7 Å². The van der Waals surface area contributed by atoms with Gasteiger partial charge < -0.3 is 15.0 Å². The van der Waals surface area contributed by atoms with E-state index >= 15 is 0 Å². The van der Waals surface area contributed by atoms with Crippen LogP contribution in [0.1, 0.15) is 27.6 Å². The number of Topliss-reactive ketones (excluding diaryl/α,β-unsaturated/α-hetero) is 1. The second-order valence-corrected chi connectivity index (χ2v) is 6.15. The summed E-state index contributed by atoms with van der Waals surface area (Å²) >= 11 is 0. The predicted molar refractivity (Wildman–Crippen MR) is 101 cm³/mol. The minimum absolute atomic E-state index is 0.149. The molecule has 0 spiro atoms. The third-order valence-corrected chi connectivity index (χ3v) is 4.33. The van der Waals surface area contributed by atoms with Crippen molar-refractivity contribution < 1.29 is 19.2 Å². The van der Waals surface area contributed by atoms with E-state index in [0.29, 0.717) is 24.5 Å². The minimum Gasteiger partial charge on any atom is -0.378 e. The average Bonchev–Trinajstić information content (AvgIpc) is 2.68. The molecular formula is C19H19N3O5. The lowest BCUT2D eigenvalue weighted by Gasteiger charge is -2.29. The smallest absolute Gasteiger partial charge is 0.270 e. The molecule has 0 atom stereocenters. The van der Waals surface area contributed by atoms with Gasteiger partial charge in [-0.25, -0.2) is 0 Å². The maximum absolute atomic E-state index is 12.5. The highest BCUT2D eigenvalue weighted by atomic mass is 16.6. The number of benzene rings is 2. The van der Waals surface area contributed by atoms with Gasteiger partial charge in [-0.15, -0.1) is 0 Å². The van der Waals surface area contributed by atoms with E-state index in [4.69, 9.17) is 4.74 Å². The number of nitrogens with zero attached hydrogens (tertiary/aromatic N) is 2. The molecule has 2 aromatic rings. The van der Waals surface area contributed by atoms with Gasteiger partial charge in [0, 0.05) is 42.0 Å². The van der Waals surface area contributed by atoms with E-state index in [2.05, 4.69) is 10.2 Å². The number of rotatable bonds is 5. The summed E-state index contributed by atoms with van der Waals surface area (Å²) in [6.45, 7) is 4.15. The Morgan fingerprint density at radius 1 is 1.15 bits per heavy atom. The Hall–Kier alpha value is -3.26. The van der Waals surface area contributed by atoms with Gasteiger partial charge in [0.15, 0.2) is 5.78 Å². The van der Waals surface area contributed by atoms with Crippen molar-refractivity contribution in [1.29, 1.82) is 0 Å². The van der Waals surface area contributed by atoms with E-state index in [1.165, 1.54) is 31.2 Å². The van der Waals surface area contributed by atoms with Crippen LogP contribution in [0.25, 0.3) is 0 Å². The van der Waals surface area contributed by atoms with Crippen molar-refractivity contribution in [3.8, 4) is 0 Å². The number of amides is 1. The van der Waals surface area contributed by atoms with Crippen LogP contribution in [0.2, 0.25) is 0 Å². The molecule has 3 rings (SSSR count). The summed E-state index contributed by atoms with van der Waals surface area (Å²) in [4.78, 5) is 37.0. The first-order chi connectivity index (χ1) is 13.0. The number of ether oxygens (including phenoxy) is 1. The molecule has 0 bridgehead atoms. The van der Waals surface area contributed by atoms with Crippen LogP contribution in [0.4, 0.5) is 17.1 Å². The van der Waals surface area contributed by atoms with E-state index < -0.39 is 10.8 Å². The SMILES string of the molecule is CC(=O)c1cc(N2CCOCC2)ccc1NC(=O)c1cccc([N+](=O)[O-])c1. The fourth-order valence-corrected chi connectivity index (χ4v) is 2.91. The number of morpholine rings is 1. The van der Waals surface area contributed by atoms with Crippen molar-refractivity contribution in [3.63, 3.8) is 0 Å². The molecule has 0 saturated carbocycles. The summed E-state index contributed by atoms with van der Waals surface area (Å²) in [6, 6.07) is 10.7. The standard InChI is InChI=1S/C19H19N3O5/c1-13(23)17-12-15(21-7-9-27-10-8-21)5-6-18(17)20-19(24)14-3-2-4-16(11-14)22(25)26/h2-6,11-12H,7-10H2,1H3,(H,20,24). The van der Waals surface area contributed by atoms with E-state index in [0.717, 1.165) is 18.8 Å². The Bertz CT molecular complexity index is 891. The molecule has 8 heteroatoms. The lowest BCUT2D eigenvalue weighted by molar-refractivity contribution is -0.384. The van der Waals surface area contributed by atoms with Crippen molar-refractivity contribution in [2.45, 2.75) is 6.92 Å². The summed E-state index contributed by atoms with van der Waals surface area (Å²) in [5.74, 6) is -0.695. The number of anilines is 2. The molecule has 0 aromatic heterocycles. The highest BCUT2D eigenvalue weighted by Crippen LogP contribution is 2.25. The summed E-state index contributed by atoms with van der Waals surface area (Å²) < 4.78 is 5.34. The molecule has 1 amide bonds. The number of nitro groups is 1. The van der Waals surface area contributed by atoms with Crippen molar-refractivity contribution >= 4 is 28.8 Å². The van der Waals surface area contributed by atoms with Crippen LogP contribution >= 0.6 is 0 Å².